The van der Waals surface area contributed by atoms with Gasteiger partial charge in [0, 0.05) is 19.0 Å². The van der Waals surface area contributed by atoms with Gasteiger partial charge in [0.05, 0.1) is 18.1 Å². The van der Waals surface area contributed by atoms with Crippen LogP contribution in [0.25, 0.3) is 6.08 Å². The fourth-order valence-electron chi connectivity index (χ4n) is 2.98. The number of likely N-dealkylation sites (N-methyl/N-ethyl adjacent to an activating group) is 1. The molecule has 3 rings (SSSR count). The zero-order chi connectivity index (χ0) is 21.5. The number of hydrogen-bond donors (Lipinski definition) is 0. The van der Waals surface area contributed by atoms with Gasteiger partial charge in [-0.25, -0.2) is 0 Å². The van der Waals surface area contributed by atoms with E-state index in [-0.39, 0.29) is 5.91 Å². The number of nitrogens with zero attached hydrogens (tertiary/aromatic N) is 1. The first kappa shape index (κ1) is 22.4. The zero-order valence-corrected chi connectivity index (χ0v) is 19.2. The number of benzene rings is 2. The number of thiocarbonyl (C=S) groups is 1. The summed E-state index contributed by atoms with van der Waals surface area (Å²) in [6.45, 7) is 5.54. The molecule has 30 heavy (non-hydrogen) atoms. The van der Waals surface area contributed by atoms with Crippen LogP contribution in [0.4, 0.5) is 0 Å². The molecule has 1 saturated heterocycles. The quantitative estimate of drug-likeness (QED) is 0.276. The lowest BCUT2D eigenvalue weighted by Crippen LogP contribution is -2.22. The fraction of sp³-hybridized carbons (Fsp3) is 0.333. The molecule has 2 aromatic carbocycles. The Labute approximate surface area is 188 Å². The first-order valence-electron chi connectivity index (χ1n) is 10.2. The number of amides is 1. The first-order chi connectivity index (χ1) is 14.5. The largest absolute Gasteiger partial charge is 0.493 e. The molecule has 0 bridgehead atoms. The highest BCUT2D eigenvalue weighted by Gasteiger charge is 2.28. The van der Waals surface area contributed by atoms with Crippen LogP contribution in [-0.2, 0) is 4.79 Å². The Balaban J connectivity index is 1.50. The number of hydrogen-bond acceptors (Lipinski definition) is 5. The maximum absolute atomic E-state index is 12.2. The number of para-hydroxylation sites is 1. The molecule has 1 atom stereocenters. The van der Waals surface area contributed by atoms with Gasteiger partial charge in [0.25, 0.3) is 5.91 Å². The van der Waals surface area contributed by atoms with Crippen molar-refractivity contribution >= 4 is 40.3 Å². The van der Waals surface area contributed by atoms with E-state index in [1.165, 1.54) is 22.2 Å². The number of rotatable bonds is 9. The fourth-order valence-corrected chi connectivity index (χ4v) is 4.15. The minimum Gasteiger partial charge on any atom is -0.493 e. The molecule has 0 aromatic heterocycles. The topological polar surface area (TPSA) is 38.8 Å². The molecule has 1 aliphatic rings. The van der Waals surface area contributed by atoms with Crippen molar-refractivity contribution in [1.82, 2.24) is 4.90 Å². The Kier molecular flexibility index (Phi) is 7.94. The van der Waals surface area contributed by atoms with Crippen LogP contribution in [0, 0.1) is 0 Å². The molecule has 1 heterocycles. The standard InChI is InChI=1S/C24H27NO3S2/c1-4-17(2)18-10-12-20(13-11-18)27-14-7-15-28-21-9-6-5-8-19(21)16-22-23(26)25(3)24(29)30-22/h5-6,8-13,16-17H,4,7,14-15H2,1-3H3/b22-16+/t17-/m0/s1. The first-order valence-corrected chi connectivity index (χ1v) is 11.4. The SMILES string of the molecule is CC[C@H](C)c1ccc(OCCCOc2ccccc2/C=C2/SC(=S)N(C)C2=O)cc1. The van der Waals surface area contributed by atoms with E-state index < -0.39 is 0 Å². The van der Waals surface area contributed by atoms with Crippen LogP contribution in [0.2, 0.25) is 0 Å². The maximum atomic E-state index is 12.2. The van der Waals surface area contributed by atoms with E-state index in [0.717, 1.165) is 29.9 Å². The van der Waals surface area contributed by atoms with Crippen molar-refractivity contribution in [3.05, 3.63) is 64.6 Å². The van der Waals surface area contributed by atoms with Crippen molar-refractivity contribution in [3.63, 3.8) is 0 Å². The molecule has 0 N–H and O–H groups in total. The Morgan fingerprint density at radius 3 is 2.47 bits per heavy atom. The Morgan fingerprint density at radius 2 is 1.80 bits per heavy atom. The Bertz CT molecular complexity index is 924. The van der Waals surface area contributed by atoms with E-state index in [0.29, 0.717) is 28.4 Å². The van der Waals surface area contributed by atoms with Gasteiger partial charge in [-0.1, -0.05) is 68.2 Å². The third kappa shape index (κ3) is 5.64. The molecule has 4 nitrogen and oxygen atoms in total. The molecule has 6 heteroatoms. The average Bonchev–Trinajstić information content (AvgIpc) is 3.01. The smallest absolute Gasteiger partial charge is 0.265 e. The summed E-state index contributed by atoms with van der Waals surface area (Å²) in [5.41, 5.74) is 2.21. The van der Waals surface area contributed by atoms with Gasteiger partial charge in [-0.2, -0.15) is 0 Å². The van der Waals surface area contributed by atoms with Gasteiger partial charge in [0.1, 0.15) is 15.8 Å². The van der Waals surface area contributed by atoms with Gasteiger partial charge in [-0.05, 0) is 42.2 Å². The van der Waals surface area contributed by atoms with Crippen molar-refractivity contribution in [2.45, 2.75) is 32.6 Å². The lowest BCUT2D eigenvalue weighted by molar-refractivity contribution is -0.121. The van der Waals surface area contributed by atoms with Crippen LogP contribution in [0.15, 0.2) is 53.4 Å². The summed E-state index contributed by atoms with van der Waals surface area (Å²) in [6.07, 6.45) is 3.73. The number of carbonyl (C=O) groups is 1. The maximum Gasteiger partial charge on any atom is 0.265 e. The third-order valence-corrected chi connectivity index (χ3v) is 6.55. The normalized spacial score (nSPS) is 16.2. The number of carbonyl (C=O) groups excluding carboxylic acids is 1. The van der Waals surface area contributed by atoms with Crippen molar-refractivity contribution < 1.29 is 14.3 Å². The molecular weight excluding hydrogens is 414 g/mol. The zero-order valence-electron chi connectivity index (χ0n) is 17.6. The van der Waals surface area contributed by atoms with Crippen LogP contribution in [0.1, 0.15) is 43.7 Å². The summed E-state index contributed by atoms with van der Waals surface area (Å²) >= 11 is 6.50. The van der Waals surface area contributed by atoms with Crippen LogP contribution < -0.4 is 9.47 Å². The highest BCUT2D eigenvalue weighted by molar-refractivity contribution is 8.26. The molecule has 0 aliphatic carbocycles. The lowest BCUT2D eigenvalue weighted by atomic mass is 9.99. The monoisotopic (exact) mass is 441 g/mol. The van der Waals surface area contributed by atoms with Crippen molar-refractivity contribution in [1.29, 1.82) is 0 Å². The van der Waals surface area contributed by atoms with E-state index in [4.69, 9.17) is 21.7 Å². The van der Waals surface area contributed by atoms with Crippen LogP contribution in [-0.4, -0.2) is 35.4 Å². The van der Waals surface area contributed by atoms with E-state index >= 15 is 0 Å². The molecule has 158 valence electrons. The predicted molar refractivity (Wildman–Crippen MR) is 128 cm³/mol. The second-order valence-corrected chi connectivity index (χ2v) is 8.88. The molecule has 1 aliphatic heterocycles. The van der Waals surface area contributed by atoms with Gasteiger partial charge in [0.15, 0.2) is 0 Å². The molecule has 2 aromatic rings. The van der Waals surface area contributed by atoms with E-state index in [1.54, 1.807) is 7.05 Å². The summed E-state index contributed by atoms with van der Waals surface area (Å²) in [7, 11) is 1.69. The van der Waals surface area contributed by atoms with Gasteiger partial charge in [0.2, 0.25) is 0 Å². The predicted octanol–water partition coefficient (Wildman–Crippen LogP) is 5.88. The van der Waals surface area contributed by atoms with E-state index in [2.05, 4.69) is 26.0 Å². The highest BCUT2D eigenvalue weighted by atomic mass is 32.2. The van der Waals surface area contributed by atoms with Gasteiger partial charge < -0.3 is 9.47 Å². The van der Waals surface area contributed by atoms with Gasteiger partial charge >= 0.3 is 0 Å². The summed E-state index contributed by atoms with van der Waals surface area (Å²) in [5, 5.41) is 0. The number of ether oxygens (including phenoxy) is 2. The van der Waals surface area contributed by atoms with E-state index in [9.17, 15) is 4.79 Å². The van der Waals surface area contributed by atoms with Gasteiger partial charge in [-0.3, -0.25) is 9.69 Å². The summed E-state index contributed by atoms with van der Waals surface area (Å²) in [5.74, 6) is 2.12. The molecule has 0 unspecified atom stereocenters. The molecule has 1 amide bonds. The molecule has 0 saturated carbocycles. The second kappa shape index (κ2) is 10.6. The summed E-state index contributed by atoms with van der Waals surface area (Å²) in [6, 6.07) is 16.0. The minimum absolute atomic E-state index is 0.0763. The van der Waals surface area contributed by atoms with Crippen molar-refractivity contribution in [3.8, 4) is 11.5 Å². The Morgan fingerprint density at radius 1 is 1.10 bits per heavy atom. The highest BCUT2D eigenvalue weighted by Crippen LogP contribution is 2.33. The molecule has 0 spiro atoms. The lowest BCUT2D eigenvalue weighted by Gasteiger charge is -2.12. The molecular formula is C24H27NO3S2. The van der Waals surface area contributed by atoms with Gasteiger partial charge in [-0.15, -0.1) is 0 Å². The summed E-state index contributed by atoms with van der Waals surface area (Å²) < 4.78 is 12.3. The average molecular weight is 442 g/mol. The third-order valence-electron chi connectivity index (χ3n) is 5.07. The Hall–Kier alpha value is -2.31. The second-order valence-electron chi connectivity index (χ2n) is 7.21. The van der Waals surface area contributed by atoms with Crippen LogP contribution >= 0.6 is 24.0 Å². The van der Waals surface area contributed by atoms with Crippen molar-refractivity contribution in [2.24, 2.45) is 0 Å². The molecule has 0 radical (unpaired) electrons. The van der Waals surface area contributed by atoms with Crippen LogP contribution in [0.3, 0.4) is 0 Å². The van der Waals surface area contributed by atoms with Crippen LogP contribution in [0.5, 0.6) is 11.5 Å². The summed E-state index contributed by atoms with van der Waals surface area (Å²) in [4.78, 5) is 14.3. The van der Waals surface area contributed by atoms with E-state index in [1.807, 2.05) is 42.5 Å². The van der Waals surface area contributed by atoms with Crippen molar-refractivity contribution in [2.75, 3.05) is 20.3 Å². The molecule has 1 fully saturated rings. The minimum atomic E-state index is -0.0763. The number of thioether (sulfide) groups is 1.